The molecule has 208 valence electrons. The second-order valence-electron chi connectivity index (χ2n) is 10.3. The van der Waals surface area contributed by atoms with E-state index in [1.807, 2.05) is 12.2 Å². The van der Waals surface area contributed by atoms with Crippen LogP contribution in [-0.4, -0.2) is 49.0 Å². The molecule has 0 saturated heterocycles. The average molecular weight is 543 g/mol. The third kappa shape index (κ3) is 6.36. The third-order valence-electron chi connectivity index (χ3n) is 7.38. The lowest BCUT2D eigenvalue weighted by Crippen LogP contribution is -2.32. The molecule has 0 radical (unpaired) electrons. The Balaban J connectivity index is 1.10. The summed E-state index contributed by atoms with van der Waals surface area (Å²) in [6, 6.07) is 16.8. The summed E-state index contributed by atoms with van der Waals surface area (Å²) in [5.74, 6) is 1.22. The van der Waals surface area contributed by atoms with Crippen molar-refractivity contribution >= 4 is 12.0 Å². The summed E-state index contributed by atoms with van der Waals surface area (Å²) < 4.78 is 6.58. The van der Waals surface area contributed by atoms with Gasteiger partial charge in [-0.1, -0.05) is 65.8 Å². The van der Waals surface area contributed by atoms with Crippen LogP contribution >= 0.6 is 0 Å². The van der Waals surface area contributed by atoms with E-state index in [0.717, 1.165) is 30.5 Å². The molecule has 2 aromatic carbocycles. The van der Waals surface area contributed by atoms with Gasteiger partial charge in [0.1, 0.15) is 11.9 Å². The first kappa shape index (κ1) is 27.4. The monoisotopic (exact) mass is 542 g/mol. The zero-order chi connectivity index (χ0) is 28.1. The number of aromatic nitrogens is 4. The number of imidazole rings is 1. The fourth-order valence-electron chi connectivity index (χ4n) is 5.12. The molecule has 0 aliphatic heterocycles. The quantitative estimate of drug-likeness (QED) is 0.212. The summed E-state index contributed by atoms with van der Waals surface area (Å²) in [6.45, 7) is 2.88. The average Bonchev–Trinajstić information content (AvgIpc) is 3.62. The van der Waals surface area contributed by atoms with E-state index in [1.54, 1.807) is 23.9 Å². The second-order valence-corrected chi connectivity index (χ2v) is 10.3. The molecule has 0 bridgehead atoms. The van der Waals surface area contributed by atoms with Gasteiger partial charge in [-0.15, -0.1) is 0 Å². The van der Waals surface area contributed by atoms with Crippen molar-refractivity contribution in [3.05, 3.63) is 95.7 Å². The topological polar surface area (TPSA) is 152 Å². The van der Waals surface area contributed by atoms with Crippen LogP contribution in [0.2, 0.25) is 0 Å². The smallest absolute Gasteiger partial charge is 0.315 e. The lowest BCUT2D eigenvalue weighted by molar-refractivity contribution is 0.0958. The second kappa shape index (κ2) is 12.4. The number of carbonyl (C=O) groups is 1. The first-order valence-corrected chi connectivity index (χ1v) is 13.4. The highest BCUT2D eigenvalue weighted by Crippen LogP contribution is 2.41. The third-order valence-corrected chi connectivity index (χ3v) is 7.38. The number of amides is 1. The van der Waals surface area contributed by atoms with Crippen LogP contribution in [0.5, 0.6) is 0 Å². The number of aliphatic hydroxyl groups excluding tert-OH is 2. The van der Waals surface area contributed by atoms with Crippen molar-refractivity contribution in [1.82, 2.24) is 25.0 Å². The van der Waals surface area contributed by atoms with Crippen LogP contribution in [0.15, 0.2) is 71.5 Å². The standard InChI is InChI=1S/C30H34N6O4/c1-19(38)29-33-12-13-36(29)26(18-37)11-4-20-2-5-22(6-3-20)23-7-9-24(10-8-23)25-14-21(15-25)16-32-17-27-34-30(28(31)39)40-35-27/h2-13,19,21,25-26,32,37-38H,14-18H2,1H3,(H2,31,39)/b11-4+. The fourth-order valence-corrected chi connectivity index (χ4v) is 5.12. The predicted octanol–water partition coefficient (Wildman–Crippen LogP) is 3.62. The summed E-state index contributed by atoms with van der Waals surface area (Å²) in [7, 11) is 0. The SMILES string of the molecule is CC(O)c1nccn1C(/C=C/c1ccc(-c2ccc(C3CC(CNCc4noc(C(N)=O)n4)C3)cc2)cc1)CO. The Bertz CT molecular complexity index is 1440. The summed E-state index contributed by atoms with van der Waals surface area (Å²) in [5, 5.41) is 26.8. The van der Waals surface area contributed by atoms with Crippen molar-refractivity contribution in [2.45, 2.75) is 44.4 Å². The highest BCUT2D eigenvalue weighted by Gasteiger charge is 2.30. The number of benzene rings is 2. The molecule has 5 rings (SSSR count). The molecule has 2 unspecified atom stereocenters. The van der Waals surface area contributed by atoms with Crippen LogP contribution in [0, 0.1) is 5.92 Å². The molecule has 2 aromatic heterocycles. The van der Waals surface area contributed by atoms with Gasteiger partial charge in [0.05, 0.1) is 19.2 Å². The molecule has 5 N–H and O–H groups in total. The minimum absolute atomic E-state index is 0.0886. The molecule has 0 spiro atoms. The van der Waals surface area contributed by atoms with E-state index in [0.29, 0.717) is 30.0 Å². The summed E-state index contributed by atoms with van der Waals surface area (Å²) in [6.07, 6.45) is 8.83. The van der Waals surface area contributed by atoms with Crippen molar-refractivity contribution in [2.75, 3.05) is 13.2 Å². The van der Waals surface area contributed by atoms with Crippen molar-refractivity contribution < 1.29 is 19.5 Å². The van der Waals surface area contributed by atoms with E-state index in [1.165, 1.54) is 11.1 Å². The molecule has 1 amide bonds. The number of nitrogens with two attached hydrogens (primary N) is 1. The first-order chi connectivity index (χ1) is 19.4. The molecule has 40 heavy (non-hydrogen) atoms. The Kier molecular flexibility index (Phi) is 8.49. The van der Waals surface area contributed by atoms with Crippen LogP contribution in [0.4, 0.5) is 0 Å². The Morgan fingerprint density at radius 2 is 1.88 bits per heavy atom. The molecule has 2 atom stereocenters. The minimum atomic E-state index is -0.719. The Morgan fingerprint density at radius 3 is 2.50 bits per heavy atom. The molecule has 10 heteroatoms. The van der Waals surface area contributed by atoms with E-state index in [9.17, 15) is 15.0 Å². The van der Waals surface area contributed by atoms with Gasteiger partial charge in [-0.25, -0.2) is 4.98 Å². The molecule has 4 aromatic rings. The number of primary amides is 1. The van der Waals surface area contributed by atoms with Gasteiger partial charge in [0.15, 0.2) is 5.82 Å². The van der Waals surface area contributed by atoms with Gasteiger partial charge in [0, 0.05) is 12.4 Å². The summed E-state index contributed by atoms with van der Waals surface area (Å²) >= 11 is 0. The maximum atomic E-state index is 11.0. The highest BCUT2D eigenvalue weighted by atomic mass is 16.5. The van der Waals surface area contributed by atoms with Gasteiger partial charge < -0.3 is 30.4 Å². The number of hydrogen-bond donors (Lipinski definition) is 4. The number of nitrogens with one attached hydrogen (secondary N) is 1. The van der Waals surface area contributed by atoms with Crippen LogP contribution in [-0.2, 0) is 6.54 Å². The molecule has 10 nitrogen and oxygen atoms in total. The van der Waals surface area contributed by atoms with Crippen molar-refractivity contribution in [1.29, 1.82) is 0 Å². The molecular weight excluding hydrogens is 508 g/mol. The summed E-state index contributed by atoms with van der Waals surface area (Å²) in [5.41, 5.74) is 9.82. The lowest BCUT2D eigenvalue weighted by Gasteiger charge is -2.36. The summed E-state index contributed by atoms with van der Waals surface area (Å²) in [4.78, 5) is 19.2. The molecule has 1 fully saturated rings. The van der Waals surface area contributed by atoms with Crippen molar-refractivity contribution in [2.24, 2.45) is 11.7 Å². The van der Waals surface area contributed by atoms with Crippen LogP contribution in [0.25, 0.3) is 17.2 Å². The van der Waals surface area contributed by atoms with Crippen molar-refractivity contribution in [3.8, 4) is 11.1 Å². The Hall–Kier alpha value is -4.12. The lowest BCUT2D eigenvalue weighted by atomic mass is 9.71. The number of hydrogen-bond acceptors (Lipinski definition) is 8. The van der Waals surface area contributed by atoms with Crippen LogP contribution in [0.1, 0.15) is 71.3 Å². The van der Waals surface area contributed by atoms with E-state index >= 15 is 0 Å². The van der Waals surface area contributed by atoms with Gasteiger partial charge in [0.2, 0.25) is 0 Å². The zero-order valence-corrected chi connectivity index (χ0v) is 22.4. The molecule has 2 heterocycles. The van der Waals surface area contributed by atoms with E-state index < -0.39 is 12.0 Å². The van der Waals surface area contributed by atoms with Crippen LogP contribution in [0.3, 0.4) is 0 Å². The van der Waals surface area contributed by atoms with Gasteiger partial charge in [0.25, 0.3) is 0 Å². The molecule has 1 aliphatic carbocycles. The van der Waals surface area contributed by atoms with Gasteiger partial charge >= 0.3 is 11.8 Å². The number of carbonyl (C=O) groups excluding carboxylic acids is 1. The van der Waals surface area contributed by atoms with E-state index in [2.05, 4.69) is 69.0 Å². The van der Waals surface area contributed by atoms with Gasteiger partial charge in [-0.3, -0.25) is 4.79 Å². The largest absolute Gasteiger partial charge is 0.394 e. The van der Waals surface area contributed by atoms with E-state index in [-0.39, 0.29) is 18.5 Å². The maximum absolute atomic E-state index is 11.0. The zero-order valence-electron chi connectivity index (χ0n) is 22.4. The van der Waals surface area contributed by atoms with Gasteiger partial charge in [-0.2, -0.15) is 4.98 Å². The highest BCUT2D eigenvalue weighted by molar-refractivity contribution is 5.87. The molecular formula is C30H34N6O4. The maximum Gasteiger partial charge on any atom is 0.315 e. The van der Waals surface area contributed by atoms with Crippen molar-refractivity contribution in [3.63, 3.8) is 0 Å². The number of aliphatic hydroxyl groups is 2. The Morgan fingerprint density at radius 1 is 1.18 bits per heavy atom. The van der Waals surface area contributed by atoms with Crippen LogP contribution < -0.4 is 11.1 Å². The Labute approximate surface area is 232 Å². The number of rotatable bonds is 12. The number of nitrogens with zero attached hydrogens (tertiary/aromatic N) is 4. The fraction of sp³-hybridized carbons (Fsp3) is 0.333. The molecule has 1 aliphatic rings. The normalized spacial score (nSPS) is 18.5. The van der Waals surface area contributed by atoms with Gasteiger partial charge in [-0.05, 0) is 60.4 Å². The minimum Gasteiger partial charge on any atom is -0.394 e. The van der Waals surface area contributed by atoms with E-state index in [4.69, 9.17) is 10.3 Å². The molecule has 1 saturated carbocycles. The first-order valence-electron chi connectivity index (χ1n) is 13.4. The predicted molar refractivity (Wildman–Crippen MR) is 150 cm³/mol.